The predicted molar refractivity (Wildman–Crippen MR) is 118 cm³/mol. The number of amides is 1. The zero-order chi connectivity index (χ0) is 22.4. The van der Waals surface area contributed by atoms with E-state index < -0.39 is 29.7 Å². The van der Waals surface area contributed by atoms with Crippen LogP contribution in [0.3, 0.4) is 0 Å². The molecule has 2 aromatic rings. The van der Waals surface area contributed by atoms with Crippen molar-refractivity contribution in [2.24, 2.45) is 0 Å². The maximum absolute atomic E-state index is 13.6. The van der Waals surface area contributed by atoms with Crippen LogP contribution in [-0.4, -0.2) is 35.6 Å². The molecule has 0 aliphatic heterocycles. The first kappa shape index (κ1) is 23.6. The van der Waals surface area contributed by atoms with Gasteiger partial charge in [-0.3, -0.25) is 4.79 Å². The Bertz CT molecular complexity index is 889. The van der Waals surface area contributed by atoms with Crippen LogP contribution in [0.15, 0.2) is 36.4 Å². The minimum atomic E-state index is -0.960. The fourth-order valence-corrected chi connectivity index (χ4v) is 4.27. The number of hydrogen-bond donors (Lipinski definition) is 3. The van der Waals surface area contributed by atoms with Gasteiger partial charge in [0.25, 0.3) is 0 Å². The molecule has 1 aliphatic carbocycles. The Kier molecular flexibility index (Phi) is 8.41. The second kappa shape index (κ2) is 11.0. The molecule has 4 nitrogen and oxygen atoms in total. The summed E-state index contributed by atoms with van der Waals surface area (Å²) in [5.41, 5.74) is 4.20. The number of hydrogen-bond acceptors (Lipinski definition) is 3. The lowest BCUT2D eigenvalue weighted by molar-refractivity contribution is -0.120. The van der Waals surface area contributed by atoms with Crippen molar-refractivity contribution in [3.05, 3.63) is 70.3 Å². The molecule has 0 spiro atoms. The maximum Gasteiger partial charge on any atom is 0.235 e. The summed E-state index contributed by atoms with van der Waals surface area (Å²) < 4.78 is 27.2. The van der Waals surface area contributed by atoms with Gasteiger partial charge in [-0.1, -0.05) is 25.1 Å². The van der Waals surface area contributed by atoms with E-state index in [1.165, 1.54) is 28.8 Å². The number of alkyl halides is 1. The van der Waals surface area contributed by atoms with Crippen LogP contribution >= 0.6 is 11.6 Å². The van der Waals surface area contributed by atoms with Crippen molar-refractivity contribution < 1.29 is 18.7 Å². The zero-order valence-electron chi connectivity index (χ0n) is 17.6. The Hall–Kier alpha value is -2.02. The monoisotopic (exact) mass is 450 g/mol. The van der Waals surface area contributed by atoms with Gasteiger partial charge in [0.05, 0.1) is 12.1 Å². The van der Waals surface area contributed by atoms with Crippen molar-refractivity contribution in [2.75, 3.05) is 12.4 Å². The van der Waals surface area contributed by atoms with Crippen LogP contribution < -0.4 is 10.6 Å². The molecule has 0 saturated heterocycles. The maximum atomic E-state index is 13.6. The van der Waals surface area contributed by atoms with Gasteiger partial charge in [-0.05, 0) is 66.5 Å². The van der Waals surface area contributed by atoms with E-state index in [2.05, 4.69) is 35.8 Å². The number of benzene rings is 2. The molecule has 1 aliphatic rings. The SMILES string of the molecule is CCc1ccc2c(c1)[C@@H](NC[C@@H](O)C(Cc1cc(F)cc(F)c1)NC(=O)CCl)CCC2. The molecular formula is C24H29ClF2N2O2. The third-order valence-electron chi connectivity index (χ3n) is 5.82. The smallest absolute Gasteiger partial charge is 0.235 e. The van der Waals surface area contributed by atoms with E-state index in [9.17, 15) is 18.7 Å². The van der Waals surface area contributed by atoms with Crippen molar-refractivity contribution in [3.8, 4) is 0 Å². The van der Waals surface area contributed by atoms with Gasteiger partial charge < -0.3 is 15.7 Å². The van der Waals surface area contributed by atoms with Gasteiger partial charge in [-0.2, -0.15) is 0 Å². The van der Waals surface area contributed by atoms with Crippen LogP contribution in [0.4, 0.5) is 8.78 Å². The van der Waals surface area contributed by atoms with Crippen molar-refractivity contribution in [1.29, 1.82) is 0 Å². The average molecular weight is 451 g/mol. The van der Waals surface area contributed by atoms with Crippen LogP contribution in [0.25, 0.3) is 0 Å². The van der Waals surface area contributed by atoms with Gasteiger partial charge >= 0.3 is 0 Å². The molecule has 0 saturated carbocycles. The van der Waals surface area contributed by atoms with E-state index in [1.807, 2.05) is 0 Å². The quantitative estimate of drug-likeness (QED) is 0.509. The molecule has 0 fully saturated rings. The third-order valence-corrected chi connectivity index (χ3v) is 6.06. The summed E-state index contributed by atoms with van der Waals surface area (Å²) in [5.74, 6) is -2.10. The van der Waals surface area contributed by atoms with Crippen LogP contribution in [0, 0.1) is 11.6 Å². The minimum Gasteiger partial charge on any atom is -0.390 e. The molecular weight excluding hydrogens is 422 g/mol. The average Bonchev–Trinajstić information content (AvgIpc) is 2.75. The summed E-state index contributed by atoms with van der Waals surface area (Å²) in [6, 6.07) is 9.14. The van der Waals surface area contributed by atoms with E-state index in [0.717, 1.165) is 31.7 Å². The van der Waals surface area contributed by atoms with Gasteiger partial charge in [-0.15, -0.1) is 11.6 Å². The molecule has 0 radical (unpaired) electrons. The summed E-state index contributed by atoms with van der Waals surface area (Å²) in [6.07, 6.45) is 3.14. The predicted octanol–water partition coefficient (Wildman–Crippen LogP) is 3.82. The summed E-state index contributed by atoms with van der Waals surface area (Å²) in [4.78, 5) is 11.9. The number of aryl methyl sites for hydroxylation is 2. The zero-order valence-corrected chi connectivity index (χ0v) is 18.4. The van der Waals surface area contributed by atoms with Crippen molar-refractivity contribution in [1.82, 2.24) is 10.6 Å². The fourth-order valence-electron chi connectivity index (χ4n) is 4.20. The van der Waals surface area contributed by atoms with Crippen molar-refractivity contribution in [2.45, 2.75) is 57.2 Å². The highest BCUT2D eigenvalue weighted by Gasteiger charge is 2.25. The number of halogens is 3. The number of aliphatic hydroxyl groups excluding tert-OH is 1. The summed E-state index contributed by atoms with van der Waals surface area (Å²) in [7, 11) is 0. The van der Waals surface area contributed by atoms with E-state index in [0.29, 0.717) is 5.56 Å². The number of aliphatic hydroxyl groups is 1. The van der Waals surface area contributed by atoms with Gasteiger partial charge in [0.15, 0.2) is 0 Å². The number of carbonyl (C=O) groups excluding carboxylic acids is 1. The van der Waals surface area contributed by atoms with Gasteiger partial charge in [0.1, 0.15) is 17.5 Å². The molecule has 0 aromatic heterocycles. The van der Waals surface area contributed by atoms with Crippen molar-refractivity contribution in [3.63, 3.8) is 0 Å². The number of carbonyl (C=O) groups is 1. The molecule has 1 amide bonds. The van der Waals surface area contributed by atoms with Gasteiger partial charge in [0.2, 0.25) is 5.91 Å². The summed E-state index contributed by atoms with van der Waals surface area (Å²) in [6.45, 7) is 2.35. The first-order valence-electron chi connectivity index (χ1n) is 10.7. The highest BCUT2D eigenvalue weighted by atomic mass is 35.5. The fraction of sp³-hybridized carbons (Fsp3) is 0.458. The van der Waals surface area contributed by atoms with E-state index in [-0.39, 0.29) is 24.9 Å². The molecule has 3 rings (SSSR count). The molecule has 31 heavy (non-hydrogen) atoms. The van der Waals surface area contributed by atoms with Crippen LogP contribution in [0.1, 0.15) is 48.1 Å². The standard InChI is InChI=1S/C24H29ClF2N2O2/c1-2-15-6-7-17-4-3-5-21(20(17)10-15)28-14-23(30)22(29-24(31)13-25)11-16-8-18(26)12-19(27)9-16/h6-10,12,21-23,28,30H,2-5,11,13-14H2,1H3,(H,29,31)/t21-,22?,23+/m0/s1. The lowest BCUT2D eigenvalue weighted by Crippen LogP contribution is -2.49. The highest BCUT2D eigenvalue weighted by molar-refractivity contribution is 6.27. The highest BCUT2D eigenvalue weighted by Crippen LogP contribution is 2.30. The normalized spacial score (nSPS) is 17.6. The summed E-state index contributed by atoms with van der Waals surface area (Å²) in [5, 5.41) is 16.9. The summed E-state index contributed by atoms with van der Waals surface area (Å²) >= 11 is 5.61. The largest absolute Gasteiger partial charge is 0.390 e. The minimum absolute atomic E-state index is 0.0847. The molecule has 0 bridgehead atoms. The number of rotatable bonds is 9. The van der Waals surface area contributed by atoms with E-state index in [4.69, 9.17) is 11.6 Å². The Morgan fingerprint density at radius 3 is 2.61 bits per heavy atom. The molecule has 2 aromatic carbocycles. The Morgan fingerprint density at radius 1 is 1.19 bits per heavy atom. The molecule has 0 heterocycles. The number of nitrogens with one attached hydrogen (secondary N) is 2. The number of fused-ring (bicyclic) bond motifs is 1. The second-order valence-corrected chi connectivity index (χ2v) is 8.36. The van der Waals surface area contributed by atoms with Crippen molar-refractivity contribution >= 4 is 17.5 Å². The van der Waals surface area contributed by atoms with Gasteiger partial charge in [-0.25, -0.2) is 8.78 Å². The molecule has 3 atom stereocenters. The first-order valence-corrected chi connectivity index (χ1v) is 11.3. The van der Waals surface area contributed by atoms with Crippen LogP contribution in [0.2, 0.25) is 0 Å². The van der Waals surface area contributed by atoms with E-state index in [1.54, 1.807) is 0 Å². The molecule has 7 heteroatoms. The Balaban J connectivity index is 1.70. The third kappa shape index (κ3) is 6.48. The van der Waals surface area contributed by atoms with Crippen LogP contribution in [-0.2, 0) is 24.1 Å². The molecule has 3 N–H and O–H groups in total. The molecule has 1 unspecified atom stereocenters. The first-order chi connectivity index (χ1) is 14.9. The second-order valence-electron chi connectivity index (χ2n) is 8.10. The van der Waals surface area contributed by atoms with Gasteiger partial charge in [0, 0.05) is 18.7 Å². The van der Waals surface area contributed by atoms with Crippen LogP contribution in [0.5, 0.6) is 0 Å². The lowest BCUT2D eigenvalue weighted by Gasteiger charge is -2.30. The lowest BCUT2D eigenvalue weighted by atomic mass is 9.86. The Morgan fingerprint density at radius 2 is 1.94 bits per heavy atom. The van der Waals surface area contributed by atoms with E-state index >= 15 is 0 Å². The molecule has 168 valence electrons. The topological polar surface area (TPSA) is 61.4 Å². The Labute approximate surface area is 187 Å².